The third-order valence-electron chi connectivity index (χ3n) is 5.64. The Bertz CT molecular complexity index is 895. The minimum Gasteiger partial charge on any atom is -0.390 e. The van der Waals surface area contributed by atoms with Gasteiger partial charge in [-0.1, -0.05) is 77.6 Å². The number of hydrogen-bond acceptors (Lipinski definition) is 3. The van der Waals surface area contributed by atoms with Crippen LogP contribution in [-0.2, 0) is 16.2 Å². The second kappa shape index (κ2) is 9.19. The van der Waals surface area contributed by atoms with E-state index in [0.717, 1.165) is 42.5 Å². The Morgan fingerprint density at radius 1 is 1.07 bits per heavy atom. The summed E-state index contributed by atoms with van der Waals surface area (Å²) in [5.74, 6) is 0.369. The van der Waals surface area contributed by atoms with Gasteiger partial charge in [0.2, 0.25) is 5.91 Å². The number of carbonyl (C=O) groups excluding carboxylic acids is 1. The van der Waals surface area contributed by atoms with Crippen molar-refractivity contribution in [1.82, 2.24) is 4.90 Å². The molecule has 1 heterocycles. The third-order valence-corrected chi connectivity index (χ3v) is 6.38. The maximum atomic E-state index is 13.2. The summed E-state index contributed by atoms with van der Waals surface area (Å²) < 4.78 is 0. The average molecular weight is 431 g/mol. The summed E-state index contributed by atoms with van der Waals surface area (Å²) in [6.45, 7) is 1.12. The van der Waals surface area contributed by atoms with Gasteiger partial charge in [0, 0.05) is 24.4 Å². The Kier molecular flexibility index (Phi) is 6.41. The summed E-state index contributed by atoms with van der Waals surface area (Å²) in [6, 6.07) is 15.6. The maximum absolute atomic E-state index is 13.2. The van der Waals surface area contributed by atoms with Crippen LogP contribution < -0.4 is 0 Å². The number of benzene rings is 2. The van der Waals surface area contributed by atoms with Gasteiger partial charge in [-0.05, 0) is 30.5 Å². The van der Waals surface area contributed by atoms with Crippen molar-refractivity contribution in [2.45, 2.75) is 44.8 Å². The van der Waals surface area contributed by atoms with Crippen LogP contribution in [0.3, 0.4) is 0 Å². The van der Waals surface area contributed by atoms with Crippen LogP contribution in [0.2, 0.25) is 10.0 Å². The Morgan fingerprint density at radius 2 is 1.83 bits per heavy atom. The van der Waals surface area contributed by atoms with E-state index in [1.807, 2.05) is 29.2 Å². The molecule has 2 aliphatic rings. The lowest BCUT2D eigenvalue weighted by atomic mass is 10.0. The first kappa shape index (κ1) is 20.2. The van der Waals surface area contributed by atoms with Gasteiger partial charge in [-0.15, -0.1) is 0 Å². The third kappa shape index (κ3) is 4.93. The van der Waals surface area contributed by atoms with Crippen LogP contribution in [0.1, 0.15) is 43.2 Å². The van der Waals surface area contributed by atoms with Gasteiger partial charge in [0.05, 0.1) is 22.3 Å². The van der Waals surface area contributed by atoms with E-state index in [0.29, 0.717) is 29.6 Å². The highest BCUT2D eigenvalue weighted by atomic mass is 35.5. The Hall–Kier alpha value is -2.04. The first-order valence-electron chi connectivity index (χ1n) is 10.1. The number of hydrogen-bond donors (Lipinski definition) is 0. The van der Waals surface area contributed by atoms with Gasteiger partial charge in [0.25, 0.3) is 0 Å². The van der Waals surface area contributed by atoms with E-state index in [9.17, 15) is 4.79 Å². The molecule has 2 aromatic rings. The van der Waals surface area contributed by atoms with E-state index in [-0.39, 0.29) is 17.9 Å². The van der Waals surface area contributed by atoms with Crippen molar-refractivity contribution in [2.75, 3.05) is 6.54 Å². The highest BCUT2D eigenvalue weighted by Crippen LogP contribution is 2.29. The number of carbonyl (C=O) groups is 1. The molecule has 0 N–H and O–H groups in total. The molecule has 4 rings (SSSR count). The van der Waals surface area contributed by atoms with Crippen LogP contribution in [-0.4, -0.2) is 29.2 Å². The zero-order chi connectivity index (χ0) is 20.2. The second-order valence-corrected chi connectivity index (χ2v) is 8.60. The van der Waals surface area contributed by atoms with Crippen LogP contribution in [0.25, 0.3) is 0 Å². The molecule has 6 heteroatoms. The SMILES string of the molecule is O=C(C1CCCC1)N(Cc1ccccc1)C[C@H]1CC(c2ccc(Cl)c(Cl)c2)=NO1. The van der Waals surface area contributed by atoms with Crippen LogP contribution in [0.5, 0.6) is 0 Å². The molecular formula is C23H24Cl2N2O2. The minimum absolute atomic E-state index is 0.135. The Morgan fingerprint density at radius 3 is 2.55 bits per heavy atom. The largest absolute Gasteiger partial charge is 0.390 e. The molecular weight excluding hydrogens is 407 g/mol. The zero-order valence-corrected chi connectivity index (χ0v) is 17.7. The number of halogens is 2. The molecule has 29 heavy (non-hydrogen) atoms. The van der Waals surface area contributed by atoms with Crippen molar-refractivity contribution in [3.05, 3.63) is 69.7 Å². The van der Waals surface area contributed by atoms with Crippen molar-refractivity contribution in [3.8, 4) is 0 Å². The average Bonchev–Trinajstić information content (AvgIpc) is 3.42. The predicted molar refractivity (Wildman–Crippen MR) is 116 cm³/mol. The summed E-state index contributed by atoms with van der Waals surface area (Å²) >= 11 is 12.1. The van der Waals surface area contributed by atoms with Crippen LogP contribution >= 0.6 is 23.2 Å². The lowest BCUT2D eigenvalue weighted by molar-refractivity contribution is -0.137. The van der Waals surface area contributed by atoms with Crippen molar-refractivity contribution in [3.63, 3.8) is 0 Å². The van der Waals surface area contributed by atoms with Crippen molar-refractivity contribution in [2.24, 2.45) is 11.1 Å². The second-order valence-electron chi connectivity index (χ2n) is 7.78. The summed E-state index contributed by atoms with van der Waals surface area (Å²) in [5, 5.41) is 5.27. The zero-order valence-electron chi connectivity index (χ0n) is 16.2. The fraction of sp³-hybridized carbons (Fsp3) is 0.391. The molecule has 1 saturated carbocycles. The van der Waals surface area contributed by atoms with Gasteiger partial charge in [0.1, 0.15) is 0 Å². The fourth-order valence-electron chi connectivity index (χ4n) is 4.09. The highest BCUT2D eigenvalue weighted by molar-refractivity contribution is 6.42. The van der Waals surface area contributed by atoms with Gasteiger partial charge in [-0.25, -0.2) is 0 Å². The Balaban J connectivity index is 1.44. The first-order chi connectivity index (χ1) is 14.1. The summed E-state index contributed by atoms with van der Waals surface area (Å²) in [5.41, 5.74) is 2.86. The molecule has 2 aromatic carbocycles. The molecule has 4 nitrogen and oxygen atoms in total. The van der Waals surface area contributed by atoms with E-state index in [1.165, 1.54) is 0 Å². The Labute approximate surface area is 181 Å². The molecule has 1 fully saturated rings. The molecule has 0 unspecified atom stereocenters. The molecule has 1 amide bonds. The van der Waals surface area contributed by atoms with Crippen LogP contribution in [0, 0.1) is 5.92 Å². The van der Waals surface area contributed by atoms with E-state index in [4.69, 9.17) is 28.0 Å². The summed E-state index contributed by atoms with van der Waals surface area (Å²) in [4.78, 5) is 20.8. The number of rotatable bonds is 6. The summed E-state index contributed by atoms with van der Waals surface area (Å²) in [7, 11) is 0. The monoisotopic (exact) mass is 430 g/mol. The normalized spacial score (nSPS) is 19.1. The highest BCUT2D eigenvalue weighted by Gasteiger charge is 2.31. The molecule has 1 aliphatic carbocycles. The van der Waals surface area contributed by atoms with Gasteiger partial charge in [-0.3, -0.25) is 4.79 Å². The molecule has 0 radical (unpaired) electrons. The standard InChI is InChI=1S/C23H24Cl2N2O2/c24-20-11-10-18(12-21(20)25)22-13-19(29-26-22)15-27(14-16-6-2-1-3-7-16)23(28)17-8-4-5-9-17/h1-3,6-7,10-12,17,19H,4-5,8-9,13-15H2/t19-/m1/s1. The predicted octanol–water partition coefficient (Wildman–Crippen LogP) is 5.71. The van der Waals surface area contributed by atoms with Gasteiger partial charge in [0.15, 0.2) is 6.10 Å². The number of nitrogens with zero attached hydrogens (tertiary/aromatic N) is 2. The molecule has 0 saturated heterocycles. The topological polar surface area (TPSA) is 41.9 Å². The van der Waals surface area contributed by atoms with Gasteiger partial charge in [-0.2, -0.15) is 0 Å². The van der Waals surface area contributed by atoms with Crippen molar-refractivity contribution in [1.29, 1.82) is 0 Å². The molecule has 1 atom stereocenters. The molecule has 0 bridgehead atoms. The van der Waals surface area contributed by atoms with Crippen molar-refractivity contribution >= 4 is 34.8 Å². The van der Waals surface area contributed by atoms with E-state index in [2.05, 4.69) is 17.3 Å². The van der Waals surface area contributed by atoms with Crippen LogP contribution in [0.15, 0.2) is 53.7 Å². The van der Waals surface area contributed by atoms with Gasteiger partial charge >= 0.3 is 0 Å². The fourth-order valence-corrected chi connectivity index (χ4v) is 4.38. The molecule has 152 valence electrons. The van der Waals surface area contributed by atoms with E-state index < -0.39 is 0 Å². The molecule has 0 spiro atoms. The number of amides is 1. The van der Waals surface area contributed by atoms with Crippen molar-refractivity contribution < 1.29 is 9.63 Å². The van der Waals surface area contributed by atoms with Crippen LogP contribution in [0.4, 0.5) is 0 Å². The van der Waals surface area contributed by atoms with Gasteiger partial charge < -0.3 is 9.74 Å². The van der Waals surface area contributed by atoms with E-state index >= 15 is 0 Å². The lowest BCUT2D eigenvalue weighted by Gasteiger charge is -2.27. The molecule has 0 aromatic heterocycles. The lowest BCUT2D eigenvalue weighted by Crippen LogP contribution is -2.40. The maximum Gasteiger partial charge on any atom is 0.226 e. The number of oxime groups is 1. The van der Waals surface area contributed by atoms with E-state index in [1.54, 1.807) is 12.1 Å². The molecule has 1 aliphatic heterocycles. The minimum atomic E-state index is -0.159. The quantitative estimate of drug-likeness (QED) is 0.588. The summed E-state index contributed by atoms with van der Waals surface area (Å²) in [6.07, 6.45) is 4.73. The first-order valence-corrected chi connectivity index (χ1v) is 10.9. The smallest absolute Gasteiger partial charge is 0.226 e.